The fourth-order valence-electron chi connectivity index (χ4n) is 3.48. The highest BCUT2D eigenvalue weighted by Crippen LogP contribution is 2.36. The molecule has 0 saturated heterocycles. The standard InChI is InChI=1S/C18H29N3/c1-12(2)10-19-11-14-7-8-17-16(9-14)13(3)20-18(21-17)15-5-4-6-15/h12,14-15,19H,4-11H2,1-3H3. The summed E-state index contributed by atoms with van der Waals surface area (Å²) in [6, 6.07) is 0. The Morgan fingerprint density at radius 2 is 2.00 bits per heavy atom. The van der Waals surface area contributed by atoms with E-state index in [0.29, 0.717) is 5.92 Å². The first-order chi connectivity index (χ1) is 10.1. The van der Waals surface area contributed by atoms with E-state index >= 15 is 0 Å². The zero-order chi connectivity index (χ0) is 14.8. The molecule has 1 heterocycles. The van der Waals surface area contributed by atoms with Crippen LogP contribution in [0.1, 0.15) is 68.2 Å². The Morgan fingerprint density at radius 3 is 2.67 bits per heavy atom. The molecule has 3 rings (SSSR count). The summed E-state index contributed by atoms with van der Waals surface area (Å²) in [4.78, 5) is 9.73. The summed E-state index contributed by atoms with van der Waals surface area (Å²) in [6.45, 7) is 8.99. The van der Waals surface area contributed by atoms with Crippen molar-refractivity contribution >= 4 is 0 Å². The molecule has 2 aliphatic rings. The minimum atomic E-state index is 0.652. The van der Waals surface area contributed by atoms with Crippen molar-refractivity contribution in [3.8, 4) is 0 Å². The Morgan fingerprint density at radius 1 is 1.19 bits per heavy atom. The van der Waals surface area contributed by atoms with Gasteiger partial charge in [-0.2, -0.15) is 0 Å². The quantitative estimate of drug-likeness (QED) is 0.902. The fourth-order valence-corrected chi connectivity index (χ4v) is 3.48. The topological polar surface area (TPSA) is 37.8 Å². The molecule has 0 aliphatic heterocycles. The first kappa shape index (κ1) is 15.0. The summed E-state index contributed by atoms with van der Waals surface area (Å²) in [6.07, 6.45) is 7.52. The molecule has 21 heavy (non-hydrogen) atoms. The van der Waals surface area contributed by atoms with Crippen LogP contribution in [-0.4, -0.2) is 23.1 Å². The number of nitrogens with one attached hydrogen (secondary N) is 1. The van der Waals surface area contributed by atoms with Crippen LogP contribution in [0.4, 0.5) is 0 Å². The highest BCUT2D eigenvalue weighted by molar-refractivity contribution is 5.29. The highest BCUT2D eigenvalue weighted by atomic mass is 14.9. The summed E-state index contributed by atoms with van der Waals surface area (Å²) >= 11 is 0. The lowest BCUT2D eigenvalue weighted by Crippen LogP contribution is -2.31. The predicted molar refractivity (Wildman–Crippen MR) is 86.6 cm³/mol. The lowest BCUT2D eigenvalue weighted by molar-refractivity contribution is 0.386. The van der Waals surface area contributed by atoms with Crippen molar-refractivity contribution in [2.24, 2.45) is 11.8 Å². The van der Waals surface area contributed by atoms with E-state index < -0.39 is 0 Å². The molecule has 0 bridgehead atoms. The van der Waals surface area contributed by atoms with E-state index in [4.69, 9.17) is 9.97 Å². The number of aromatic nitrogens is 2. The molecule has 116 valence electrons. The zero-order valence-corrected chi connectivity index (χ0v) is 13.8. The third-order valence-electron chi connectivity index (χ3n) is 5.05. The summed E-state index contributed by atoms with van der Waals surface area (Å²) in [7, 11) is 0. The monoisotopic (exact) mass is 287 g/mol. The van der Waals surface area contributed by atoms with E-state index in [1.165, 1.54) is 42.6 Å². The molecule has 1 N–H and O–H groups in total. The number of rotatable bonds is 5. The Labute approximate surface area is 129 Å². The number of nitrogens with zero attached hydrogens (tertiary/aromatic N) is 2. The van der Waals surface area contributed by atoms with Gasteiger partial charge in [0.2, 0.25) is 0 Å². The average Bonchev–Trinajstić information content (AvgIpc) is 2.37. The second kappa shape index (κ2) is 6.43. The van der Waals surface area contributed by atoms with Gasteiger partial charge in [0, 0.05) is 17.3 Å². The largest absolute Gasteiger partial charge is 0.316 e. The molecule has 0 radical (unpaired) electrons. The molecule has 1 saturated carbocycles. The van der Waals surface area contributed by atoms with Gasteiger partial charge in [0.1, 0.15) is 5.82 Å². The molecule has 1 aromatic rings. The maximum absolute atomic E-state index is 4.91. The zero-order valence-electron chi connectivity index (χ0n) is 13.8. The van der Waals surface area contributed by atoms with Crippen molar-refractivity contribution in [2.75, 3.05) is 13.1 Å². The molecule has 3 heteroatoms. The van der Waals surface area contributed by atoms with Crippen molar-refractivity contribution in [3.05, 3.63) is 22.8 Å². The third-order valence-corrected chi connectivity index (χ3v) is 5.05. The minimum Gasteiger partial charge on any atom is -0.316 e. The molecule has 2 aliphatic carbocycles. The smallest absolute Gasteiger partial charge is 0.131 e. The first-order valence-electron chi connectivity index (χ1n) is 8.70. The van der Waals surface area contributed by atoms with Crippen molar-refractivity contribution < 1.29 is 0 Å². The second-order valence-corrected chi connectivity index (χ2v) is 7.38. The number of aryl methyl sites for hydroxylation is 2. The molecule has 0 spiro atoms. The van der Waals surface area contributed by atoms with Crippen LogP contribution in [0.3, 0.4) is 0 Å². The van der Waals surface area contributed by atoms with Gasteiger partial charge < -0.3 is 5.32 Å². The summed E-state index contributed by atoms with van der Waals surface area (Å²) < 4.78 is 0. The van der Waals surface area contributed by atoms with E-state index in [2.05, 4.69) is 26.1 Å². The number of fused-ring (bicyclic) bond motifs is 1. The Bertz CT molecular complexity index is 491. The third kappa shape index (κ3) is 3.45. The van der Waals surface area contributed by atoms with Gasteiger partial charge in [0.15, 0.2) is 0 Å². The predicted octanol–water partition coefficient (Wildman–Crippen LogP) is 3.40. The van der Waals surface area contributed by atoms with Crippen molar-refractivity contribution in [2.45, 2.75) is 65.2 Å². The second-order valence-electron chi connectivity index (χ2n) is 7.38. The Kier molecular flexibility index (Phi) is 4.58. The van der Waals surface area contributed by atoms with Crippen LogP contribution in [0, 0.1) is 18.8 Å². The lowest BCUT2D eigenvalue weighted by atomic mass is 9.83. The van der Waals surface area contributed by atoms with Crippen LogP contribution in [-0.2, 0) is 12.8 Å². The highest BCUT2D eigenvalue weighted by Gasteiger charge is 2.27. The van der Waals surface area contributed by atoms with Gasteiger partial charge >= 0.3 is 0 Å². The summed E-state index contributed by atoms with van der Waals surface area (Å²) in [5.74, 6) is 3.28. The van der Waals surface area contributed by atoms with E-state index in [0.717, 1.165) is 43.6 Å². The number of hydrogen-bond donors (Lipinski definition) is 1. The van der Waals surface area contributed by atoms with Crippen LogP contribution in [0.15, 0.2) is 0 Å². The fraction of sp³-hybridized carbons (Fsp3) is 0.778. The average molecular weight is 287 g/mol. The van der Waals surface area contributed by atoms with E-state index in [1.807, 2.05) is 0 Å². The van der Waals surface area contributed by atoms with E-state index in [1.54, 1.807) is 0 Å². The van der Waals surface area contributed by atoms with Crippen molar-refractivity contribution in [1.82, 2.24) is 15.3 Å². The number of hydrogen-bond acceptors (Lipinski definition) is 3. The molecule has 3 nitrogen and oxygen atoms in total. The maximum atomic E-state index is 4.91. The van der Waals surface area contributed by atoms with Crippen LogP contribution < -0.4 is 5.32 Å². The summed E-state index contributed by atoms with van der Waals surface area (Å²) in [5, 5.41) is 3.61. The molecular weight excluding hydrogens is 258 g/mol. The van der Waals surface area contributed by atoms with Gasteiger partial charge in [-0.05, 0) is 69.5 Å². The SMILES string of the molecule is Cc1nc(C2CCC2)nc2c1CC(CNCC(C)C)CC2. The Balaban J connectivity index is 1.65. The van der Waals surface area contributed by atoms with Gasteiger partial charge in [0.05, 0.1) is 0 Å². The van der Waals surface area contributed by atoms with Crippen LogP contribution in [0.2, 0.25) is 0 Å². The molecule has 1 unspecified atom stereocenters. The molecular formula is C18H29N3. The molecule has 0 amide bonds. The normalized spacial score (nSPS) is 22.2. The first-order valence-corrected chi connectivity index (χ1v) is 8.70. The van der Waals surface area contributed by atoms with Gasteiger partial charge in [-0.15, -0.1) is 0 Å². The maximum Gasteiger partial charge on any atom is 0.131 e. The molecule has 1 atom stereocenters. The van der Waals surface area contributed by atoms with Crippen LogP contribution in [0.25, 0.3) is 0 Å². The van der Waals surface area contributed by atoms with Gasteiger partial charge in [-0.3, -0.25) is 0 Å². The molecule has 0 aromatic carbocycles. The van der Waals surface area contributed by atoms with Crippen LogP contribution in [0.5, 0.6) is 0 Å². The van der Waals surface area contributed by atoms with E-state index in [9.17, 15) is 0 Å². The van der Waals surface area contributed by atoms with Crippen LogP contribution >= 0.6 is 0 Å². The molecule has 1 aromatic heterocycles. The van der Waals surface area contributed by atoms with Gasteiger partial charge in [-0.25, -0.2) is 9.97 Å². The van der Waals surface area contributed by atoms with Crippen molar-refractivity contribution in [3.63, 3.8) is 0 Å². The van der Waals surface area contributed by atoms with Crippen molar-refractivity contribution in [1.29, 1.82) is 0 Å². The minimum absolute atomic E-state index is 0.652. The van der Waals surface area contributed by atoms with Gasteiger partial charge in [0.25, 0.3) is 0 Å². The summed E-state index contributed by atoms with van der Waals surface area (Å²) in [5.41, 5.74) is 4.04. The molecule has 1 fully saturated rings. The van der Waals surface area contributed by atoms with Gasteiger partial charge in [-0.1, -0.05) is 20.3 Å². The lowest BCUT2D eigenvalue weighted by Gasteiger charge is -2.29. The Hall–Kier alpha value is -0.960. The van der Waals surface area contributed by atoms with E-state index in [-0.39, 0.29) is 0 Å².